The van der Waals surface area contributed by atoms with E-state index in [4.69, 9.17) is 0 Å². The number of hydrogen-bond acceptors (Lipinski definition) is 6. The molecule has 0 aliphatic carbocycles. The summed E-state index contributed by atoms with van der Waals surface area (Å²) in [6.07, 6.45) is 5.15. The van der Waals surface area contributed by atoms with Crippen LogP contribution in [0.25, 0.3) is 0 Å². The van der Waals surface area contributed by atoms with Gasteiger partial charge in [-0.15, -0.1) is 11.8 Å². The number of thioether (sulfide) groups is 1. The largest absolute Gasteiger partial charge is 0.391 e. The highest BCUT2D eigenvalue weighted by Gasteiger charge is 2.22. The third-order valence-electron chi connectivity index (χ3n) is 3.72. The maximum atomic E-state index is 12.6. The molecule has 1 N–H and O–H groups in total. The number of benzene rings is 1. The SMILES string of the molecule is CSc1cccc(C(=O)c2cnc(N3CCCC(O)C3)s2)c1. The number of β-amino-alcohol motifs (C(OH)–C–C–N with tert-alkyl or cyclic N) is 1. The summed E-state index contributed by atoms with van der Waals surface area (Å²) in [7, 11) is 0. The summed E-state index contributed by atoms with van der Waals surface area (Å²) in [6, 6.07) is 7.65. The number of carbonyl (C=O) groups is 1. The number of anilines is 1. The standard InChI is InChI=1S/C16H18N2O2S2/c1-21-13-6-2-4-11(8-13)15(20)14-9-17-16(22-14)18-7-3-5-12(19)10-18/h2,4,6,8-9,12,19H,3,5,7,10H2,1H3. The van der Waals surface area contributed by atoms with Crippen molar-refractivity contribution in [3.8, 4) is 0 Å². The molecule has 1 saturated heterocycles. The number of carbonyl (C=O) groups excluding carboxylic acids is 1. The number of nitrogens with zero attached hydrogens (tertiary/aromatic N) is 2. The van der Waals surface area contributed by atoms with Crippen LogP contribution in [0.15, 0.2) is 35.4 Å². The van der Waals surface area contributed by atoms with Gasteiger partial charge in [-0.1, -0.05) is 23.5 Å². The fourth-order valence-corrected chi connectivity index (χ4v) is 3.92. The van der Waals surface area contributed by atoms with Crippen molar-refractivity contribution in [2.45, 2.75) is 23.8 Å². The van der Waals surface area contributed by atoms with E-state index >= 15 is 0 Å². The molecule has 1 fully saturated rings. The monoisotopic (exact) mass is 334 g/mol. The minimum Gasteiger partial charge on any atom is -0.391 e. The van der Waals surface area contributed by atoms with Crippen LogP contribution in [0.2, 0.25) is 0 Å². The van der Waals surface area contributed by atoms with E-state index < -0.39 is 0 Å². The fraction of sp³-hybridized carbons (Fsp3) is 0.375. The van der Waals surface area contributed by atoms with Gasteiger partial charge in [0.15, 0.2) is 5.13 Å². The second-order valence-corrected chi connectivity index (χ2v) is 7.20. The third-order valence-corrected chi connectivity index (χ3v) is 5.50. The second kappa shape index (κ2) is 6.81. The number of piperidine rings is 1. The van der Waals surface area contributed by atoms with Gasteiger partial charge in [-0.3, -0.25) is 4.79 Å². The predicted octanol–water partition coefficient (Wildman–Crippen LogP) is 3.06. The van der Waals surface area contributed by atoms with Crippen LogP contribution < -0.4 is 4.90 Å². The van der Waals surface area contributed by atoms with Crippen LogP contribution in [0.1, 0.15) is 28.1 Å². The van der Waals surface area contributed by atoms with Crippen molar-refractivity contribution in [1.82, 2.24) is 4.98 Å². The molecule has 0 radical (unpaired) electrons. The molecule has 1 aliphatic heterocycles. The molecule has 0 saturated carbocycles. The van der Waals surface area contributed by atoms with E-state index in [2.05, 4.69) is 9.88 Å². The summed E-state index contributed by atoms with van der Waals surface area (Å²) in [4.78, 5) is 20.7. The molecule has 6 heteroatoms. The summed E-state index contributed by atoms with van der Waals surface area (Å²) in [5, 5.41) is 10.6. The molecule has 1 unspecified atom stereocenters. The maximum absolute atomic E-state index is 12.6. The van der Waals surface area contributed by atoms with Gasteiger partial charge in [-0.25, -0.2) is 4.98 Å². The number of aromatic nitrogens is 1. The smallest absolute Gasteiger partial charge is 0.204 e. The lowest BCUT2D eigenvalue weighted by molar-refractivity contribution is 0.104. The lowest BCUT2D eigenvalue weighted by Crippen LogP contribution is -2.38. The van der Waals surface area contributed by atoms with E-state index in [1.165, 1.54) is 11.3 Å². The Bertz CT molecular complexity index is 672. The summed E-state index contributed by atoms with van der Waals surface area (Å²) in [6.45, 7) is 1.49. The Morgan fingerprint density at radius 1 is 1.50 bits per heavy atom. The van der Waals surface area contributed by atoms with E-state index in [0.717, 1.165) is 29.4 Å². The Morgan fingerprint density at radius 3 is 3.14 bits per heavy atom. The van der Waals surface area contributed by atoms with Crippen molar-refractivity contribution in [3.05, 3.63) is 40.9 Å². The zero-order chi connectivity index (χ0) is 15.5. The zero-order valence-corrected chi connectivity index (χ0v) is 14.0. The van der Waals surface area contributed by atoms with Gasteiger partial charge in [0.2, 0.25) is 5.78 Å². The van der Waals surface area contributed by atoms with Crippen LogP contribution in [-0.4, -0.2) is 41.3 Å². The highest BCUT2D eigenvalue weighted by Crippen LogP contribution is 2.28. The number of rotatable bonds is 4. The van der Waals surface area contributed by atoms with Crippen molar-refractivity contribution in [3.63, 3.8) is 0 Å². The molecular weight excluding hydrogens is 316 g/mol. The zero-order valence-electron chi connectivity index (χ0n) is 12.4. The molecule has 2 heterocycles. The minimum atomic E-state index is -0.296. The molecule has 0 spiro atoms. The normalized spacial score (nSPS) is 18.5. The first-order chi connectivity index (χ1) is 10.7. The molecule has 1 atom stereocenters. The van der Waals surface area contributed by atoms with Crippen molar-refractivity contribution in [1.29, 1.82) is 0 Å². The van der Waals surface area contributed by atoms with Crippen LogP contribution in [0, 0.1) is 0 Å². The minimum absolute atomic E-state index is 0.0113. The topological polar surface area (TPSA) is 53.4 Å². The van der Waals surface area contributed by atoms with Gasteiger partial charge in [0.25, 0.3) is 0 Å². The highest BCUT2D eigenvalue weighted by molar-refractivity contribution is 7.98. The van der Waals surface area contributed by atoms with Crippen molar-refractivity contribution < 1.29 is 9.90 Å². The average molecular weight is 334 g/mol. The lowest BCUT2D eigenvalue weighted by Gasteiger charge is -2.29. The first-order valence-corrected chi connectivity index (χ1v) is 9.29. The number of ketones is 1. The Hall–Kier alpha value is -1.37. The first kappa shape index (κ1) is 15.5. The molecule has 1 aromatic heterocycles. The number of hydrogen-bond donors (Lipinski definition) is 1. The van der Waals surface area contributed by atoms with Crippen molar-refractivity contribution in [2.24, 2.45) is 0 Å². The number of aliphatic hydroxyl groups excluding tert-OH is 1. The Balaban J connectivity index is 1.79. The molecule has 3 rings (SSSR count). The molecule has 0 bridgehead atoms. The maximum Gasteiger partial charge on any atom is 0.204 e. The highest BCUT2D eigenvalue weighted by atomic mass is 32.2. The lowest BCUT2D eigenvalue weighted by atomic mass is 10.1. The molecule has 1 aliphatic rings. The van der Waals surface area contributed by atoms with Gasteiger partial charge < -0.3 is 10.0 Å². The van der Waals surface area contributed by atoms with Crippen molar-refractivity contribution >= 4 is 34.0 Å². The van der Waals surface area contributed by atoms with Gasteiger partial charge in [0.1, 0.15) is 0 Å². The van der Waals surface area contributed by atoms with E-state index in [0.29, 0.717) is 17.0 Å². The third kappa shape index (κ3) is 3.34. The van der Waals surface area contributed by atoms with Crippen molar-refractivity contribution in [2.75, 3.05) is 24.2 Å². The second-order valence-electron chi connectivity index (χ2n) is 5.31. The molecule has 0 amide bonds. The first-order valence-electron chi connectivity index (χ1n) is 7.25. The molecular formula is C16H18N2O2S2. The van der Waals surface area contributed by atoms with Crippen LogP contribution in [0.5, 0.6) is 0 Å². The Labute approximate surface area is 138 Å². The number of thiazole rings is 1. The molecule has 2 aromatic rings. The van der Waals surface area contributed by atoms with Crippen LogP contribution in [-0.2, 0) is 0 Å². The predicted molar refractivity (Wildman–Crippen MR) is 91.2 cm³/mol. The van der Waals surface area contributed by atoms with E-state index in [1.54, 1.807) is 18.0 Å². The van der Waals surface area contributed by atoms with Gasteiger partial charge in [-0.05, 0) is 31.2 Å². The summed E-state index contributed by atoms with van der Waals surface area (Å²) < 4.78 is 0. The Kier molecular flexibility index (Phi) is 4.81. The van der Waals surface area contributed by atoms with Gasteiger partial charge in [0, 0.05) is 23.5 Å². The summed E-state index contributed by atoms with van der Waals surface area (Å²) in [5.74, 6) is 0.0113. The molecule has 1 aromatic carbocycles. The van der Waals surface area contributed by atoms with Crippen LogP contribution in [0.3, 0.4) is 0 Å². The molecule has 116 valence electrons. The van der Waals surface area contributed by atoms with Crippen LogP contribution in [0.4, 0.5) is 5.13 Å². The fourth-order valence-electron chi connectivity index (χ4n) is 2.55. The van der Waals surface area contributed by atoms with Gasteiger partial charge >= 0.3 is 0 Å². The van der Waals surface area contributed by atoms with E-state index in [1.807, 2.05) is 30.5 Å². The molecule has 4 nitrogen and oxygen atoms in total. The van der Waals surface area contributed by atoms with E-state index in [-0.39, 0.29) is 11.9 Å². The Morgan fingerprint density at radius 2 is 2.36 bits per heavy atom. The van der Waals surface area contributed by atoms with Gasteiger partial charge in [-0.2, -0.15) is 0 Å². The quantitative estimate of drug-likeness (QED) is 0.688. The number of aliphatic hydroxyl groups is 1. The summed E-state index contributed by atoms with van der Waals surface area (Å²) in [5.41, 5.74) is 0.695. The van der Waals surface area contributed by atoms with E-state index in [9.17, 15) is 9.90 Å². The van der Waals surface area contributed by atoms with Crippen LogP contribution >= 0.6 is 23.1 Å². The summed E-state index contributed by atoms with van der Waals surface area (Å²) >= 11 is 3.03. The average Bonchev–Trinajstić information content (AvgIpc) is 3.04. The molecule has 22 heavy (non-hydrogen) atoms. The van der Waals surface area contributed by atoms with Gasteiger partial charge in [0.05, 0.1) is 17.2 Å².